The van der Waals surface area contributed by atoms with E-state index in [0.717, 1.165) is 6.26 Å². The first kappa shape index (κ1) is 6.39. The van der Waals surface area contributed by atoms with Crippen LogP contribution in [-0.2, 0) is 4.43 Å². The van der Waals surface area contributed by atoms with E-state index >= 15 is 0 Å². The fraction of sp³-hybridized carbons (Fsp3) is 0. The minimum absolute atomic E-state index is 0.919. The van der Waals surface area contributed by atoms with Crippen LogP contribution in [0.5, 0.6) is 0 Å². The summed E-state index contributed by atoms with van der Waals surface area (Å²) >= 11 is 0. The first-order valence-corrected chi connectivity index (χ1v) is 3.05. The summed E-state index contributed by atoms with van der Waals surface area (Å²) in [7, 11) is -4.52. The average Bonchev–Trinajstić information content (AvgIpc) is 1.30. The molecule has 6 heteroatoms. The van der Waals surface area contributed by atoms with Gasteiger partial charge in [-0.1, -0.05) is 0 Å². The molecule has 0 aliphatic rings. The molecule has 0 amide bonds. The van der Waals surface area contributed by atoms with Gasteiger partial charge in [-0.15, -0.1) is 0 Å². The van der Waals surface area contributed by atoms with E-state index in [1.165, 1.54) is 0 Å². The third kappa shape index (κ3) is 5.39. The molecule has 3 N–H and O–H groups in total. The molecule has 0 rings (SSSR count). The van der Waals surface area contributed by atoms with Crippen molar-refractivity contribution in [3.8, 4) is 6.26 Å². The lowest BCUT2D eigenvalue weighted by molar-refractivity contribution is 0.113. The van der Waals surface area contributed by atoms with Gasteiger partial charge in [-0.05, 0) is 0 Å². The molecular weight excluding hydrogens is 118 g/mol. The Morgan fingerprint density at radius 2 is 1.86 bits per heavy atom. The third-order valence-electron chi connectivity index (χ3n) is 0.183. The van der Waals surface area contributed by atoms with Gasteiger partial charge in [-0.2, -0.15) is 5.26 Å². The Morgan fingerprint density at radius 3 is 1.86 bits per heavy atom. The number of nitriles is 1. The summed E-state index contributed by atoms with van der Waals surface area (Å²) in [5, 5.41) is 7.48. The van der Waals surface area contributed by atoms with Gasteiger partial charge in [0.1, 0.15) is 0 Å². The molecule has 0 unspecified atom stereocenters. The number of nitrogens with zero attached hydrogens (tertiary/aromatic N) is 1. The van der Waals surface area contributed by atoms with Gasteiger partial charge in [-0.25, -0.2) is 0 Å². The maximum Gasteiger partial charge on any atom is 0.751 e. The second-order valence-electron chi connectivity index (χ2n) is 0.767. The zero-order valence-electron chi connectivity index (χ0n) is 3.20. The molecule has 0 fully saturated rings. The van der Waals surface area contributed by atoms with Crippen molar-refractivity contribution in [1.82, 2.24) is 0 Å². The molecule has 0 saturated carbocycles. The van der Waals surface area contributed by atoms with Crippen molar-refractivity contribution in [3.63, 3.8) is 0 Å². The van der Waals surface area contributed by atoms with Crippen LogP contribution in [0.25, 0.3) is 0 Å². The molecule has 0 heterocycles. The van der Waals surface area contributed by atoms with Gasteiger partial charge in [0.05, 0.1) is 0 Å². The van der Waals surface area contributed by atoms with Crippen LogP contribution in [-0.4, -0.2) is 23.4 Å². The van der Waals surface area contributed by atoms with E-state index in [1.54, 1.807) is 0 Å². The van der Waals surface area contributed by atoms with Gasteiger partial charge in [0.15, 0.2) is 0 Å². The van der Waals surface area contributed by atoms with Crippen molar-refractivity contribution in [2.75, 3.05) is 0 Å². The zero-order valence-corrected chi connectivity index (χ0v) is 4.20. The normalized spacial score (nSPS) is 10.0. The summed E-state index contributed by atoms with van der Waals surface area (Å²) in [6, 6.07) is 0. The minimum atomic E-state index is -4.52. The fourth-order valence-corrected chi connectivity index (χ4v) is 0.184. The maximum absolute atomic E-state index is 7.82. The highest BCUT2D eigenvalue weighted by atomic mass is 28.4. The Bertz CT molecular complexity index is 88.8. The number of hydrogen-bond donors (Lipinski definition) is 3. The second kappa shape index (κ2) is 1.90. The zero-order chi connectivity index (χ0) is 5.91. The lowest BCUT2D eigenvalue weighted by Gasteiger charge is -1.99. The molecule has 0 aliphatic heterocycles. The van der Waals surface area contributed by atoms with Gasteiger partial charge in [0.25, 0.3) is 6.26 Å². The summed E-state index contributed by atoms with van der Waals surface area (Å²) in [5.41, 5.74) is 0. The molecular formula is CH3NO4Si. The molecule has 5 nitrogen and oxygen atoms in total. The highest BCUT2D eigenvalue weighted by Crippen LogP contribution is 1.82. The molecule has 0 aromatic rings. The Balaban J connectivity index is 3.40. The predicted molar refractivity (Wildman–Crippen MR) is 19.1 cm³/mol. The van der Waals surface area contributed by atoms with Gasteiger partial charge >= 0.3 is 9.05 Å². The molecule has 0 aliphatic carbocycles. The number of rotatable bonds is 1. The smallest absolute Gasteiger partial charge is 0.410 e. The van der Waals surface area contributed by atoms with Crippen molar-refractivity contribution in [2.24, 2.45) is 0 Å². The van der Waals surface area contributed by atoms with Crippen LogP contribution in [0.4, 0.5) is 0 Å². The summed E-state index contributed by atoms with van der Waals surface area (Å²) in [5.74, 6) is 0. The Labute approximate surface area is 40.5 Å². The van der Waals surface area contributed by atoms with E-state index < -0.39 is 9.05 Å². The lowest BCUT2D eigenvalue weighted by atomic mass is 11.6. The monoisotopic (exact) mass is 121 g/mol. The molecule has 0 saturated heterocycles. The molecule has 7 heavy (non-hydrogen) atoms. The van der Waals surface area contributed by atoms with E-state index in [0.29, 0.717) is 0 Å². The van der Waals surface area contributed by atoms with E-state index in [-0.39, 0.29) is 0 Å². The van der Waals surface area contributed by atoms with Gasteiger partial charge in [0, 0.05) is 0 Å². The van der Waals surface area contributed by atoms with E-state index in [9.17, 15) is 0 Å². The molecule has 0 aromatic carbocycles. The standard InChI is InChI=1S/CH3NO4Si/c2-1-6-7(3,4)5/h3-5H. The SMILES string of the molecule is N#CO[Si](O)(O)O. The third-order valence-corrected chi connectivity index (χ3v) is 0.548. The van der Waals surface area contributed by atoms with Crippen LogP contribution < -0.4 is 0 Å². The van der Waals surface area contributed by atoms with E-state index in [2.05, 4.69) is 4.43 Å². The predicted octanol–water partition coefficient (Wildman–Crippen LogP) is -2.10. The van der Waals surface area contributed by atoms with Crippen LogP contribution in [0, 0.1) is 11.5 Å². The van der Waals surface area contributed by atoms with Crippen molar-refractivity contribution in [1.29, 1.82) is 5.26 Å². The van der Waals surface area contributed by atoms with Crippen LogP contribution >= 0.6 is 0 Å². The summed E-state index contributed by atoms with van der Waals surface area (Å²) < 4.78 is 3.34. The van der Waals surface area contributed by atoms with Crippen LogP contribution in [0.15, 0.2) is 0 Å². The van der Waals surface area contributed by atoms with E-state index in [1.807, 2.05) is 0 Å². The highest BCUT2D eigenvalue weighted by Gasteiger charge is 2.32. The van der Waals surface area contributed by atoms with Crippen molar-refractivity contribution >= 4 is 9.05 Å². The van der Waals surface area contributed by atoms with Gasteiger partial charge < -0.3 is 18.8 Å². The largest absolute Gasteiger partial charge is 0.751 e. The van der Waals surface area contributed by atoms with Gasteiger partial charge in [0.2, 0.25) is 0 Å². The van der Waals surface area contributed by atoms with Crippen LogP contribution in [0.2, 0.25) is 0 Å². The first-order chi connectivity index (χ1) is 3.06. The van der Waals surface area contributed by atoms with Gasteiger partial charge in [-0.3, -0.25) is 0 Å². The minimum Gasteiger partial charge on any atom is -0.410 e. The summed E-state index contributed by atoms with van der Waals surface area (Å²) in [6.07, 6.45) is 0.919. The topological polar surface area (TPSA) is 93.7 Å². The first-order valence-electron chi connectivity index (χ1n) is 1.30. The molecule has 0 spiro atoms. The average molecular weight is 121 g/mol. The summed E-state index contributed by atoms with van der Waals surface area (Å²) in [4.78, 5) is 23.5. The Hall–Kier alpha value is -0.613. The molecule has 0 atom stereocenters. The molecule has 0 radical (unpaired) electrons. The van der Waals surface area contributed by atoms with Crippen molar-refractivity contribution < 1.29 is 18.8 Å². The Morgan fingerprint density at radius 1 is 1.43 bits per heavy atom. The van der Waals surface area contributed by atoms with Crippen molar-refractivity contribution in [3.05, 3.63) is 0 Å². The summed E-state index contributed by atoms with van der Waals surface area (Å²) in [6.45, 7) is 0. The fourth-order valence-electron chi connectivity index (χ4n) is 0.0612. The molecule has 0 bridgehead atoms. The lowest BCUT2D eigenvalue weighted by Crippen LogP contribution is -2.36. The van der Waals surface area contributed by atoms with Crippen LogP contribution in [0.3, 0.4) is 0 Å². The second-order valence-corrected chi connectivity index (χ2v) is 2.12. The molecule has 40 valence electrons. The number of hydrogen-bond acceptors (Lipinski definition) is 5. The highest BCUT2D eigenvalue weighted by molar-refractivity contribution is 6.48. The maximum atomic E-state index is 7.82. The molecule has 0 aromatic heterocycles. The quantitative estimate of drug-likeness (QED) is 0.273. The van der Waals surface area contributed by atoms with E-state index in [4.69, 9.17) is 19.6 Å². The Kier molecular flexibility index (Phi) is 1.73. The van der Waals surface area contributed by atoms with Crippen LogP contribution in [0.1, 0.15) is 0 Å². The van der Waals surface area contributed by atoms with Crippen molar-refractivity contribution in [2.45, 2.75) is 0 Å².